The van der Waals surface area contributed by atoms with Crippen molar-refractivity contribution in [3.63, 3.8) is 0 Å². The smallest absolute Gasteiger partial charge is 0.329 e. The summed E-state index contributed by atoms with van der Waals surface area (Å²) in [6.07, 6.45) is 0.934. The molecule has 0 atom stereocenters. The van der Waals surface area contributed by atoms with E-state index in [-0.39, 0.29) is 24.8 Å². The Labute approximate surface area is 318 Å². The molecule has 0 spiro atoms. The molecule has 0 amide bonds. The number of hydrogen-bond donors (Lipinski definition) is 0. The summed E-state index contributed by atoms with van der Waals surface area (Å²) in [5, 5.41) is 21.4. The number of nitrogens with zero attached hydrogens (tertiary/aromatic N) is 9. The standard InChI is InChI=1S/C23H24N6O5.C15H13N3O2.CH4/c1-16-25-17(2)27-23(26-16)34-14-13-32-11-12-33-15-18-3-5-19(6-4-18)22(28-24)20-7-9-21(10-8-20)29(30)31;1-2-11-3-5-12(6-4-11)15(17-16)13-7-9-14(10-8-13)18(19)20;/h3-10H,11-15H2,1-2H3;3-10H,2H2,1H3;1H4. The Morgan fingerprint density at radius 1 is 0.600 bits per heavy atom. The van der Waals surface area contributed by atoms with Gasteiger partial charge in [-0.2, -0.15) is 19.5 Å². The Kier molecular flexibility index (Phi) is 16.8. The number of benzene rings is 4. The lowest BCUT2D eigenvalue weighted by molar-refractivity contribution is -0.385. The maximum Gasteiger partial charge on any atom is 0.329 e. The van der Waals surface area contributed by atoms with Crippen LogP contribution in [0.15, 0.2) is 97.1 Å². The van der Waals surface area contributed by atoms with Gasteiger partial charge in [-0.25, -0.2) is 4.98 Å². The van der Waals surface area contributed by atoms with Crippen molar-refractivity contribution in [2.75, 3.05) is 26.4 Å². The molecule has 0 N–H and O–H groups in total. The third-order valence-electron chi connectivity index (χ3n) is 7.70. The normalized spacial score (nSPS) is 10.1. The number of non-ortho nitro benzene ring substituents is 2. The van der Waals surface area contributed by atoms with Gasteiger partial charge in [-0.05, 0) is 79.9 Å². The lowest BCUT2D eigenvalue weighted by atomic mass is 10.0. The van der Waals surface area contributed by atoms with Gasteiger partial charge >= 0.3 is 17.4 Å². The van der Waals surface area contributed by atoms with E-state index in [0.29, 0.717) is 72.8 Å². The summed E-state index contributed by atoms with van der Waals surface area (Å²) in [6, 6.07) is 27.0. The van der Waals surface area contributed by atoms with Gasteiger partial charge < -0.3 is 25.3 Å². The maximum absolute atomic E-state index is 10.8. The Morgan fingerprint density at radius 2 is 0.982 bits per heavy atom. The zero-order chi connectivity index (χ0) is 38.9. The van der Waals surface area contributed by atoms with Crippen molar-refractivity contribution >= 4 is 22.8 Å². The van der Waals surface area contributed by atoms with Crippen molar-refractivity contribution in [2.45, 2.75) is 41.2 Å². The summed E-state index contributed by atoms with van der Waals surface area (Å²) in [5.74, 6) is 1.21. The molecular weight excluding hydrogens is 706 g/mol. The molecule has 0 aliphatic carbocycles. The highest BCUT2D eigenvalue weighted by molar-refractivity contribution is 6.09. The second kappa shape index (κ2) is 21.6. The molecule has 0 radical (unpaired) electrons. The maximum atomic E-state index is 10.8. The van der Waals surface area contributed by atoms with Gasteiger partial charge in [0.2, 0.25) is 0 Å². The largest absolute Gasteiger partial charge is 0.461 e. The Morgan fingerprint density at radius 3 is 1.38 bits per heavy atom. The quantitative estimate of drug-likeness (QED) is 0.0252. The van der Waals surface area contributed by atoms with E-state index in [0.717, 1.165) is 17.5 Å². The topological polar surface area (TPSA) is 225 Å². The molecule has 284 valence electrons. The molecule has 0 saturated heterocycles. The van der Waals surface area contributed by atoms with Crippen LogP contribution in [0.25, 0.3) is 11.1 Å². The summed E-state index contributed by atoms with van der Waals surface area (Å²) in [5.41, 5.74) is 24.1. The predicted octanol–water partition coefficient (Wildman–Crippen LogP) is 6.94. The van der Waals surface area contributed by atoms with Crippen LogP contribution in [-0.2, 0) is 22.5 Å². The number of aromatic nitrogens is 3. The fraction of sp³-hybridized carbons (Fsp3) is 0.256. The van der Waals surface area contributed by atoms with Crippen molar-refractivity contribution in [3.8, 4) is 6.01 Å². The molecule has 4 aromatic carbocycles. The van der Waals surface area contributed by atoms with E-state index in [1.165, 1.54) is 29.8 Å². The fourth-order valence-electron chi connectivity index (χ4n) is 4.96. The molecule has 0 bridgehead atoms. The van der Waals surface area contributed by atoms with E-state index in [2.05, 4.69) is 31.5 Å². The minimum absolute atomic E-state index is 0. The summed E-state index contributed by atoms with van der Waals surface area (Å²) < 4.78 is 16.6. The van der Waals surface area contributed by atoms with Crippen LogP contribution in [0, 0.1) is 34.1 Å². The highest BCUT2D eigenvalue weighted by Gasteiger charge is 2.18. The first-order valence-electron chi connectivity index (χ1n) is 16.7. The fourth-order valence-corrected chi connectivity index (χ4v) is 4.96. The SMILES string of the molecule is C.CCc1ccc(C(=[N+]=[N-])c2ccc([N+](=O)[O-])cc2)cc1.Cc1nc(C)nc(OCCOCCOCc2ccc(C(=[N+]=[N-])c3ccc([N+](=O)[O-])cc3)cc2)n1. The molecule has 5 rings (SSSR count). The number of nitro benzene ring substituents is 2. The average Bonchev–Trinajstić information content (AvgIpc) is 3.17. The van der Waals surface area contributed by atoms with Crippen molar-refractivity contribution in [3.05, 3.63) is 173 Å². The number of nitro groups is 2. The molecule has 0 aliphatic rings. The Balaban J connectivity index is 0.000000330. The lowest BCUT2D eigenvalue weighted by Crippen LogP contribution is -2.12. The summed E-state index contributed by atoms with van der Waals surface area (Å²) in [6.45, 7) is 7.55. The van der Waals surface area contributed by atoms with Crippen molar-refractivity contribution < 1.29 is 33.6 Å². The first-order chi connectivity index (χ1) is 26.1. The number of aryl methyl sites for hydroxylation is 3. The number of hydrogen-bond acceptors (Lipinski definition) is 10. The molecule has 0 saturated carbocycles. The van der Waals surface area contributed by atoms with Gasteiger partial charge in [0, 0.05) is 24.3 Å². The molecule has 0 unspecified atom stereocenters. The molecule has 16 heteroatoms. The summed E-state index contributed by atoms with van der Waals surface area (Å²) in [7, 11) is 0. The van der Waals surface area contributed by atoms with Crippen molar-refractivity contribution in [1.82, 2.24) is 15.0 Å². The van der Waals surface area contributed by atoms with Gasteiger partial charge in [-0.1, -0.05) is 38.6 Å². The van der Waals surface area contributed by atoms with Gasteiger partial charge in [-0.3, -0.25) is 20.2 Å². The molecule has 1 aromatic heterocycles. The number of ether oxygens (including phenoxy) is 3. The predicted molar refractivity (Wildman–Crippen MR) is 204 cm³/mol. The second-order valence-electron chi connectivity index (χ2n) is 11.5. The monoisotopic (exact) mass is 747 g/mol. The second-order valence-corrected chi connectivity index (χ2v) is 11.5. The van der Waals surface area contributed by atoms with Crippen LogP contribution >= 0.6 is 0 Å². The molecule has 0 fully saturated rings. The molecule has 16 nitrogen and oxygen atoms in total. The van der Waals surface area contributed by atoms with E-state index < -0.39 is 9.85 Å². The molecule has 55 heavy (non-hydrogen) atoms. The zero-order valence-corrected chi connectivity index (χ0v) is 29.9. The van der Waals surface area contributed by atoms with Gasteiger partial charge in [0.05, 0.1) is 58.5 Å². The summed E-state index contributed by atoms with van der Waals surface area (Å²) >= 11 is 0. The van der Waals surface area contributed by atoms with E-state index in [1.807, 2.05) is 36.4 Å². The Hall–Kier alpha value is -6.83. The van der Waals surface area contributed by atoms with Gasteiger partial charge in [0.25, 0.3) is 11.4 Å². The molecular formula is C39H41N9O7. The minimum atomic E-state index is -0.480. The van der Waals surface area contributed by atoms with Crippen LogP contribution in [-0.4, -0.2) is 72.2 Å². The third kappa shape index (κ3) is 13.0. The van der Waals surface area contributed by atoms with Crippen LogP contribution in [0.2, 0.25) is 0 Å². The van der Waals surface area contributed by atoms with Crippen LogP contribution in [0.4, 0.5) is 11.4 Å². The summed E-state index contributed by atoms with van der Waals surface area (Å²) in [4.78, 5) is 39.4. The number of rotatable bonds is 16. The van der Waals surface area contributed by atoms with Gasteiger partial charge in [0.1, 0.15) is 18.3 Å². The lowest BCUT2D eigenvalue weighted by Gasteiger charge is -2.08. The van der Waals surface area contributed by atoms with E-state index in [4.69, 9.17) is 14.2 Å². The minimum Gasteiger partial charge on any atom is -0.461 e. The van der Waals surface area contributed by atoms with Crippen LogP contribution in [0.5, 0.6) is 6.01 Å². The van der Waals surface area contributed by atoms with E-state index in [9.17, 15) is 31.3 Å². The van der Waals surface area contributed by atoms with Gasteiger partial charge in [0.15, 0.2) is 0 Å². The van der Waals surface area contributed by atoms with E-state index in [1.54, 1.807) is 50.2 Å². The highest BCUT2D eigenvalue weighted by Crippen LogP contribution is 2.17. The average molecular weight is 748 g/mol. The third-order valence-corrected chi connectivity index (χ3v) is 7.70. The molecule has 1 heterocycles. The van der Waals surface area contributed by atoms with Crippen LogP contribution < -0.4 is 4.74 Å². The molecule has 0 aliphatic heterocycles. The van der Waals surface area contributed by atoms with E-state index >= 15 is 0 Å². The first kappa shape index (κ1) is 42.6. The first-order valence-corrected chi connectivity index (χ1v) is 16.7. The van der Waals surface area contributed by atoms with Crippen LogP contribution in [0.3, 0.4) is 0 Å². The highest BCUT2D eigenvalue weighted by atomic mass is 16.6. The molecule has 5 aromatic rings. The van der Waals surface area contributed by atoms with Crippen LogP contribution in [0.1, 0.15) is 59.4 Å². The van der Waals surface area contributed by atoms with Crippen molar-refractivity contribution in [2.24, 2.45) is 0 Å². The Bertz CT molecular complexity index is 2110. The van der Waals surface area contributed by atoms with Crippen molar-refractivity contribution in [1.29, 1.82) is 0 Å². The zero-order valence-electron chi connectivity index (χ0n) is 29.9. The van der Waals surface area contributed by atoms with Gasteiger partial charge in [-0.15, -0.1) is 0 Å².